The van der Waals surface area contributed by atoms with E-state index in [4.69, 9.17) is 11.6 Å². The van der Waals surface area contributed by atoms with Crippen LogP contribution in [-0.2, 0) is 0 Å². The van der Waals surface area contributed by atoms with Gasteiger partial charge in [-0.2, -0.15) is 0 Å². The maximum absolute atomic E-state index is 13.0. The summed E-state index contributed by atoms with van der Waals surface area (Å²) >= 11 is 5.77. The van der Waals surface area contributed by atoms with E-state index in [-0.39, 0.29) is 16.1 Å². The van der Waals surface area contributed by atoms with Crippen LogP contribution in [0, 0.1) is 17.2 Å². The van der Waals surface area contributed by atoms with Crippen LogP contribution in [0.15, 0.2) is 12.3 Å². The Kier molecular flexibility index (Phi) is 4.68. The lowest BCUT2D eigenvalue weighted by molar-refractivity contribution is 0.0924. The van der Waals surface area contributed by atoms with E-state index in [0.717, 1.165) is 12.3 Å². The largest absolute Gasteiger partial charge is 0.351 e. The number of pyridine rings is 1. The third-order valence-corrected chi connectivity index (χ3v) is 3.62. The molecular formula is C13H18ClFN2O. The van der Waals surface area contributed by atoms with Crippen molar-refractivity contribution < 1.29 is 9.18 Å². The van der Waals surface area contributed by atoms with Crippen LogP contribution in [0.4, 0.5) is 4.39 Å². The minimum absolute atomic E-state index is 0.0104. The number of aromatic nitrogens is 1. The first-order valence-electron chi connectivity index (χ1n) is 5.83. The van der Waals surface area contributed by atoms with Crippen LogP contribution in [0.2, 0.25) is 5.15 Å². The van der Waals surface area contributed by atoms with Gasteiger partial charge in [-0.1, -0.05) is 39.3 Å². The molecule has 0 atom stereocenters. The molecule has 5 heteroatoms. The van der Waals surface area contributed by atoms with E-state index in [1.165, 1.54) is 0 Å². The second kappa shape index (κ2) is 5.65. The molecule has 18 heavy (non-hydrogen) atoms. The highest BCUT2D eigenvalue weighted by Gasteiger charge is 2.23. The minimum atomic E-state index is -0.576. The molecule has 1 rings (SSSR count). The first kappa shape index (κ1) is 14.9. The summed E-state index contributed by atoms with van der Waals surface area (Å²) in [6, 6.07) is 1.09. The summed E-state index contributed by atoms with van der Waals surface area (Å²) in [7, 11) is 0. The number of halogens is 2. The molecule has 0 fully saturated rings. The number of hydrogen-bond acceptors (Lipinski definition) is 2. The van der Waals surface area contributed by atoms with E-state index in [2.05, 4.69) is 38.0 Å². The Morgan fingerprint density at radius 1 is 1.56 bits per heavy atom. The lowest BCUT2D eigenvalue weighted by Crippen LogP contribution is -2.37. The fourth-order valence-corrected chi connectivity index (χ4v) is 1.38. The molecule has 0 aliphatic carbocycles. The van der Waals surface area contributed by atoms with E-state index in [1.54, 1.807) is 0 Å². The van der Waals surface area contributed by atoms with Gasteiger partial charge in [0.15, 0.2) is 0 Å². The maximum atomic E-state index is 13.0. The smallest absolute Gasteiger partial charge is 0.254 e. The second-order valence-electron chi connectivity index (χ2n) is 5.32. The van der Waals surface area contributed by atoms with E-state index >= 15 is 0 Å². The first-order chi connectivity index (χ1) is 8.24. The van der Waals surface area contributed by atoms with Gasteiger partial charge in [-0.05, 0) is 17.4 Å². The van der Waals surface area contributed by atoms with Crippen molar-refractivity contribution in [3.8, 4) is 0 Å². The van der Waals surface area contributed by atoms with Crippen LogP contribution in [-0.4, -0.2) is 17.4 Å². The average Bonchev–Trinajstić information content (AvgIpc) is 2.29. The molecule has 100 valence electrons. The van der Waals surface area contributed by atoms with Crippen LogP contribution in [0.1, 0.15) is 38.1 Å². The quantitative estimate of drug-likeness (QED) is 0.855. The third-order valence-electron chi connectivity index (χ3n) is 3.32. The zero-order chi connectivity index (χ0) is 13.9. The zero-order valence-electron chi connectivity index (χ0n) is 11.1. The third kappa shape index (κ3) is 3.67. The Labute approximate surface area is 112 Å². The predicted molar refractivity (Wildman–Crippen MR) is 70.2 cm³/mol. The first-order valence-corrected chi connectivity index (χ1v) is 6.21. The number of rotatable bonds is 4. The van der Waals surface area contributed by atoms with Gasteiger partial charge >= 0.3 is 0 Å². The SMILES string of the molecule is CC(C)C(C)(C)CNC(=O)c1cc(F)cnc1Cl. The maximum Gasteiger partial charge on any atom is 0.254 e. The Morgan fingerprint density at radius 3 is 2.72 bits per heavy atom. The van der Waals surface area contributed by atoms with Gasteiger partial charge in [-0.25, -0.2) is 9.37 Å². The van der Waals surface area contributed by atoms with Gasteiger partial charge in [0, 0.05) is 6.54 Å². The fourth-order valence-electron chi connectivity index (χ4n) is 1.19. The highest BCUT2D eigenvalue weighted by Crippen LogP contribution is 2.25. The molecule has 1 N–H and O–H groups in total. The summed E-state index contributed by atoms with van der Waals surface area (Å²) in [4.78, 5) is 15.5. The van der Waals surface area contributed by atoms with Crippen LogP contribution in [0.25, 0.3) is 0 Å². The van der Waals surface area contributed by atoms with Crippen LogP contribution in [0.5, 0.6) is 0 Å². The van der Waals surface area contributed by atoms with Crippen molar-refractivity contribution in [1.29, 1.82) is 0 Å². The van der Waals surface area contributed by atoms with Gasteiger partial charge in [-0.15, -0.1) is 0 Å². The minimum Gasteiger partial charge on any atom is -0.351 e. The molecule has 0 saturated carbocycles. The molecule has 0 unspecified atom stereocenters. The van der Waals surface area contributed by atoms with Gasteiger partial charge in [0.05, 0.1) is 11.8 Å². The Hall–Kier alpha value is -1.16. The topological polar surface area (TPSA) is 42.0 Å². The molecule has 0 aliphatic heterocycles. The summed E-state index contributed by atoms with van der Waals surface area (Å²) in [5, 5.41) is 2.77. The summed E-state index contributed by atoms with van der Waals surface area (Å²) in [6.07, 6.45) is 0.983. The number of nitrogens with zero attached hydrogens (tertiary/aromatic N) is 1. The molecule has 0 aliphatic rings. The van der Waals surface area contributed by atoms with Gasteiger partial charge in [0.25, 0.3) is 5.91 Å². The van der Waals surface area contributed by atoms with Crippen molar-refractivity contribution in [2.24, 2.45) is 11.3 Å². The summed E-state index contributed by atoms with van der Waals surface area (Å²) < 4.78 is 13.0. The number of hydrogen-bond donors (Lipinski definition) is 1. The number of nitrogens with one attached hydrogen (secondary N) is 1. The molecule has 3 nitrogen and oxygen atoms in total. The molecule has 0 spiro atoms. The lowest BCUT2D eigenvalue weighted by Gasteiger charge is -2.29. The predicted octanol–water partition coefficient (Wildman–Crippen LogP) is 3.29. The van der Waals surface area contributed by atoms with Crippen molar-refractivity contribution in [3.63, 3.8) is 0 Å². The van der Waals surface area contributed by atoms with Crippen molar-refractivity contribution in [3.05, 3.63) is 28.8 Å². The molecule has 1 heterocycles. The summed E-state index contributed by atoms with van der Waals surface area (Å²) in [6.45, 7) is 8.79. The highest BCUT2D eigenvalue weighted by molar-refractivity contribution is 6.32. The molecule has 0 radical (unpaired) electrons. The lowest BCUT2D eigenvalue weighted by atomic mass is 9.81. The van der Waals surface area contributed by atoms with E-state index < -0.39 is 11.7 Å². The van der Waals surface area contributed by atoms with Crippen LogP contribution < -0.4 is 5.32 Å². The Bertz CT molecular complexity index is 447. The molecule has 1 amide bonds. The molecule has 1 aromatic rings. The van der Waals surface area contributed by atoms with Crippen molar-refractivity contribution in [1.82, 2.24) is 10.3 Å². The summed E-state index contributed by atoms with van der Waals surface area (Å²) in [5.41, 5.74) is 0.0271. The van der Waals surface area contributed by atoms with Crippen molar-refractivity contribution >= 4 is 17.5 Å². The van der Waals surface area contributed by atoms with Gasteiger partial charge < -0.3 is 5.32 Å². The zero-order valence-corrected chi connectivity index (χ0v) is 11.8. The molecule has 0 bridgehead atoms. The standard InChI is InChI=1S/C13H18ClFN2O/c1-8(2)13(3,4)7-17-12(18)10-5-9(15)6-16-11(10)14/h5-6,8H,7H2,1-4H3,(H,17,18). The van der Waals surface area contributed by atoms with Crippen LogP contribution in [0.3, 0.4) is 0 Å². The van der Waals surface area contributed by atoms with Crippen molar-refractivity contribution in [2.75, 3.05) is 6.54 Å². The van der Waals surface area contributed by atoms with E-state index in [0.29, 0.717) is 12.5 Å². The number of carbonyl (C=O) groups excluding carboxylic acids is 1. The average molecular weight is 273 g/mol. The molecule has 0 aromatic carbocycles. The summed E-state index contributed by atoms with van der Waals surface area (Å²) in [5.74, 6) is -0.563. The van der Waals surface area contributed by atoms with Crippen molar-refractivity contribution in [2.45, 2.75) is 27.7 Å². The number of carbonyl (C=O) groups is 1. The normalized spacial score (nSPS) is 11.7. The fraction of sp³-hybridized carbons (Fsp3) is 0.538. The molecule has 0 saturated heterocycles. The van der Waals surface area contributed by atoms with E-state index in [9.17, 15) is 9.18 Å². The number of amides is 1. The second-order valence-corrected chi connectivity index (χ2v) is 5.68. The molecule has 1 aromatic heterocycles. The Morgan fingerprint density at radius 2 is 2.17 bits per heavy atom. The van der Waals surface area contributed by atoms with E-state index in [1.807, 2.05) is 0 Å². The molecular weight excluding hydrogens is 255 g/mol. The van der Waals surface area contributed by atoms with Gasteiger partial charge in [0.1, 0.15) is 11.0 Å². The monoisotopic (exact) mass is 272 g/mol. The Balaban J connectivity index is 2.75. The van der Waals surface area contributed by atoms with Crippen LogP contribution >= 0.6 is 11.6 Å². The van der Waals surface area contributed by atoms with Gasteiger partial charge in [0.2, 0.25) is 0 Å². The highest BCUT2D eigenvalue weighted by atomic mass is 35.5. The van der Waals surface area contributed by atoms with Gasteiger partial charge in [-0.3, -0.25) is 4.79 Å².